The van der Waals surface area contributed by atoms with Crippen molar-refractivity contribution in [1.82, 2.24) is 5.32 Å². The summed E-state index contributed by atoms with van der Waals surface area (Å²) in [5, 5.41) is 7.54. The van der Waals surface area contributed by atoms with Crippen LogP contribution in [0.5, 0.6) is 0 Å². The van der Waals surface area contributed by atoms with Gasteiger partial charge in [-0.05, 0) is 54.1 Å². The monoisotopic (exact) mass is 289 g/mol. The van der Waals surface area contributed by atoms with E-state index in [9.17, 15) is 0 Å². The highest BCUT2D eigenvalue weighted by atomic mass is 32.1. The first-order valence-electron chi connectivity index (χ1n) is 7.93. The Morgan fingerprint density at radius 1 is 1.20 bits per heavy atom. The van der Waals surface area contributed by atoms with Gasteiger partial charge in [0, 0.05) is 10.7 Å². The molecule has 2 heteroatoms. The van der Waals surface area contributed by atoms with Crippen LogP contribution in [0.1, 0.15) is 45.6 Å². The van der Waals surface area contributed by atoms with Crippen LogP contribution in [0.4, 0.5) is 0 Å². The maximum atomic E-state index is 3.74. The molecule has 0 fully saturated rings. The molecular formula is C18H27NS. The predicted octanol–water partition coefficient (Wildman–Crippen LogP) is 5.25. The van der Waals surface area contributed by atoms with Crippen LogP contribution in [0.3, 0.4) is 0 Å². The summed E-state index contributed by atoms with van der Waals surface area (Å²) < 4.78 is 1.42. The van der Waals surface area contributed by atoms with Crippen LogP contribution in [0.25, 0.3) is 10.1 Å². The van der Waals surface area contributed by atoms with E-state index in [0.717, 1.165) is 18.9 Å². The summed E-state index contributed by atoms with van der Waals surface area (Å²) in [5.74, 6) is 0.800. The van der Waals surface area contributed by atoms with Gasteiger partial charge < -0.3 is 5.32 Å². The number of thiophene rings is 1. The van der Waals surface area contributed by atoms with Gasteiger partial charge in [-0.3, -0.25) is 0 Å². The summed E-state index contributed by atoms with van der Waals surface area (Å²) in [7, 11) is 0. The minimum atomic E-state index is 0.614. The Morgan fingerprint density at radius 3 is 2.75 bits per heavy atom. The smallest absolute Gasteiger partial charge is 0.0345 e. The fourth-order valence-corrected chi connectivity index (χ4v) is 3.67. The Bertz CT molecular complexity index is 517. The van der Waals surface area contributed by atoms with Crippen LogP contribution in [-0.4, -0.2) is 12.6 Å². The number of hydrogen-bond acceptors (Lipinski definition) is 2. The molecule has 0 bridgehead atoms. The van der Waals surface area contributed by atoms with Gasteiger partial charge in [-0.2, -0.15) is 0 Å². The molecular weight excluding hydrogens is 262 g/mol. The highest BCUT2D eigenvalue weighted by molar-refractivity contribution is 7.17. The van der Waals surface area contributed by atoms with Crippen molar-refractivity contribution in [2.75, 3.05) is 6.54 Å². The molecule has 0 spiro atoms. The molecule has 0 saturated heterocycles. The van der Waals surface area contributed by atoms with Gasteiger partial charge in [0.25, 0.3) is 0 Å². The van der Waals surface area contributed by atoms with E-state index < -0.39 is 0 Å². The Labute approximate surface area is 127 Å². The van der Waals surface area contributed by atoms with E-state index in [4.69, 9.17) is 0 Å². The van der Waals surface area contributed by atoms with E-state index in [2.05, 4.69) is 55.7 Å². The van der Waals surface area contributed by atoms with E-state index in [1.54, 1.807) is 0 Å². The zero-order valence-corrected chi connectivity index (χ0v) is 13.8. The highest BCUT2D eigenvalue weighted by Gasteiger charge is 2.14. The number of rotatable bonds is 8. The first-order chi connectivity index (χ1) is 9.74. The lowest BCUT2D eigenvalue weighted by atomic mass is 9.94. The van der Waals surface area contributed by atoms with Gasteiger partial charge in [-0.25, -0.2) is 0 Å². The molecule has 0 aliphatic rings. The van der Waals surface area contributed by atoms with Crippen molar-refractivity contribution in [3.63, 3.8) is 0 Å². The minimum Gasteiger partial charge on any atom is -0.314 e. The van der Waals surface area contributed by atoms with Crippen molar-refractivity contribution in [2.45, 2.75) is 52.5 Å². The zero-order chi connectivity index (χ0) is 14.4. The first kappa shape index (κ1) is 15.5. The summed E-state index contributed by atoms with van der Waals surface area (Å²) in [6.07, 6.45) is 4.92. The second kappa shape index (κ2) is 7.80. The van der Waals surface area contributed by atoms with Gasteiger partial charge in [0.2, 0.25) is 0 Å². The summed E-state index contributed by atoms with van der Waals surface area (Å²) >= 11 is 1.88. The maximum Gasteiger partial charge on any atom is 0.0345 e. The van der Waals surface area contributed by atoms with Gasteiger partial charge in [0.15, 0.2) is 0 Å². The summed E-state index contributed by atoms with van der Waals surface area (Å²) in [4.78, 5) is 0. The lowest BCUT2D eigenvalue weighted by Crippen LogP contribution is -2.33. The molecule has 110 valence electrons. The largest absolute Gasteiger partial charge is 0.314 e. The molecule has 2 rings (SSSR count). The van der Waals surface area contributed by atoms with Crippen LogP contribution in [0, 0.1) is 5.92 Å². The van der Waals surface area contributed by atoms with E-state index in [-0.39, 0.29) is 0 Å². The number of benzene rings is 1. The lowest BCUT2D eigenvalue weighted by Gasteiger charge is -2.21. The SMILES string of the molecule is CCCNC(Cc1csc2ccccc12)CC(C)CC. The maximum absolute atomic E-state index is 3.74. The van der Waals surface area contributed by atoms with Crippen molar-refractivity contribution in [3.05, 3.63) is 35.2 Å². The molecule has 2 atom stereocenters. The zero-order valence-electron chi connectivity index (χ0n) is 13.0. The Hall–Kier alpha value is -0.860. The van der Waals surface area contributed by atoms with Crippen molar-refractivity contribution >= 4 is 21.4 Å². The first-order valence-corrected chi connectivity index (χ1v) is 8.81. The Morgan fingerprint density at radius 2 is 2.00 bits per heavy atom. The predicted molar refractivity (Wildman–Crippen MR) is 91.7 cm³/mol. The van der Waals surface area contributed by atoms with Crippen molar-refractivity contribution in [2.24, 2.45) is 5.92 Å². The Kier molecular flexibility index (Phi) is 6.06. The molecule has 0 radical (unpaired) electrons. The normalized spacial score (nSPS) is 14.6. The fourth-order valence-electron chi connectivity index (χ4n) is 2.70. The number of hydrogen-bond donors (Lipinski definition) is 1. The highest BCUT2D eigenvalue weighted by Crippen LogP contribution is 2.27. The van der Waals surface area contributed by atoms with Crippen LogP contribution < -0.4 is 5.32 Å². The average molecular weight is 289 g/mol. The molecule has 1 heterocycles. The molecule has 1 aromatic heterocycles. The molecule has 0 saturated carbocycles. The van der Waals surface area contributed by atoms with E-state index in [1.807, 2.05) is 11.3 Å². The van der Waals surface area contributed by atoms with Gasteiger partial charge in [-0.15, -0.1) is 11.3 Å². The van der Waals surface area contributed by atoms with Crippen LogP contribution in [0.15, 0.2) is 29.6 Å². The second-order valence-electron chi connectivity index (χ2n) is 5.86. The van der Waals surface area contributed by atoms with E-state index in [1.165, 1.54) is 34.9 Å². The van der Waals surface area contributed by atoms with Crippen LogP contribution in [-0.2, 0) is 6.42 Å². The number of nitrogens with one attached hydrogen (secondary N) is 1. The third-order valence-corrected chi connectivity index (χ3v) is 5.11. The third-order valence-electron chi connectivity index (χ3n) is 4.09. The average Bonchev–Trinajstić information content (AvgIpc) is 2.88. The van der Waals surface area contributed by atoms with Crippen molar-refractivity contribution in [1.29, 1.82) is 0 Å². The molecule has 1 N–H and O–H groups in total. The molecule has 2 aromatic rings. The fraction of sp³-hybridized carbons (Fsp3) is 0.556. The minimum absolute atomic E-state index is 0.614. The van der Waals surface area contributed by atoms with Crippen molar-refractivity contribution < 1.29 is 0 Å². The molecule has 0 amide bonds. The Balaban J connectivity index is 2.09. The van der Waals surface area contributed by atoms with Gasteiger partial charge in [0.05, 0.1) is 0 Å². The third kappa shape index (κ3) is 4.07. The quantitative estimate of drug-likeness (QED) is 0.700. The number of fused-ring (bicyclic) bond motifs is 1. The topological polar surface area (TPSA) is 12.0 Å². The molecule has 20 heavy (non-hydrogen) atoms. The van der Waals surface area contributed by atoms with Crippen LogP contribution >= 0.6 is 11.3 Å². The van der Waals surface area contributed by atoms with Gasteiger partial charge >= 0.3 is 0 Å². The molecule has 0 aliphatic heterocycles. The van der Waals surface area contributed by atoms with Gasteiger partial charge in [0.1, 0.15) is 0 Å². The van der Waals surface area contributed by atoms with E-state index >= 15 is 0 Å². The van der Waals surface area contributed by atoms with Crippen molar-refractivity contribution in [3.8, 4) is 0 Å². The molecule has 0 aliphatic carbocycles. The van der Waals surface area contributed by atoms with Crippen LogP contribution in [0.2, 0.25) is 0 Å². The molecule has 2 unspecified atom stereocenters. The second-order valence-corrected chi connectivity index (χ2v) is 6.77. The lowest BCUT2D eigenvalue weighted by molar-refractivity contribution is 0.392. The molecule has 1 aromatic carbocycles. The summed E-state index contributed by atoms with van der Waals surface area (Å²) in [6, 6.07) is 9.40. The van der Waals surface area contributed by atoms with Gasteiger partial charge in [-0.1, -0.05) is 45.4 Å². The van der Waals surface area contributed by atoms with E-state index in [0.29, 0.717) is 6.04 Å². The summed E-state index contributed by atoms with van der Waals surface area (Å²) in [6.45, 7) is 8.03. The molecule has 1 nitrogen and oxygen atoms in total. The standard InChI is InChI=1S/C18H27NS/c1-4-10-19-16(11-14(3)5-2)12-15-13-20-18-9-7-6-8-17(15)18/h6-9,13-14,16,19H,4-5,10-12H2,1-3H3. The summed E-state index contributed by atoms with van der Waals surface area (Å²) in [5.41, 5.74) is 1.52.